The van der Waals surface area contributed by atoms with E-state index in [0.29, 0.717) is 16.8 Å². The van der Waals surface area contributed by atoms with Crippen LogP contribution in [0.15, 0.2) is 28.9 Å². The number of thioether (sulfide) groups is 1. The molecule has 148 valence electrons. The lowest BCUT2D eigenvalue weighted by atomic mass is 10.1. The number of hydrogen-bond donors (Lipinski definition) is 1. The van der Waals surface area contributed by atoms with Crippen molar-refractivity contribution in [3.63, 3.8) is 0 Å². The van der Waals surface area contributed by atoms with Crippen LogP contribution in [-0.4, -0.2) is 36.6 Å². The van der Waals surface area contributed by atoms with E-state index in [1.807, 2.05) is 36.6 Å². The number of aromatic nitrogens is 5. The van der Waals surface area contributed by atoms with Crippen LogP contribution in [0.4, 0.5) is 5.13 Å². The Morgan fingerprint density at radius 2 is 2.11 bits per heavy atom. The number of rotatable bonds is 8. The molecule has 0 saturated heterocycles. The first kappa shape index (κ1) is 20.3. The average molecular weight is 419 g/mol. The first-order valence-corrected chi connectivity index (χ1v) is 10.7. The number of hydrogen-bond acceptors (Lipinski definition) is 8. The van der Waals surface area contributed by atoms with Gasteiger partial charge in [0.25, 0.3) is 0 Å². The van der Waals surface area contributed by atoms with E-state index in [2.05, 4.69) is 39.6 Å². The van der Waals surface area contributed by atoms with Gasteiger partial charge < -0.3 is 9.30 Å². The van der Waals surface area contributed by atoms with E-state index >= 15 is 0 Å². The number of carbonyl (C=O) groups is 1. The Labute approximate surface area is 171 Å². The maximum atomic E-state index is 12.0. The van der Waals surface area contributed by atoms with Crippen molar-refractivity contribution in [3.05, 3.63) is 40.7 Å². The molecule has 1 amide bonds. The summed E-state index contributed by atoms with van der Waals surface area (Å²) < 4.78 is 8.03. The molecule has 0 bridgehead atoms. The predicted octanol–water partition coefficient (Wildman–Crippen LogP) is 3.64. The van der Waals surface area contributed by atoms with Crippen LogP contribution in [0.25, 0.3) is 0 Å². The molecule has 1 unspecified atom stereocenters. The number of nitrogens with one attached hydrogen (secondary N) is 1. The molecule has 0 radical (unpaired) electrons. The van der Waals surface area contributed by atoms with Crippen molar-refractivity contribution in [1.29, 1.82) is 0 Å². The maximum absolute atomic E-state index is 12.0. The molecule has 1 N–H and O–H groups in total. The van der Waals surface area contributed by atoms with Gasteiger partial charge in [-0.15, -0.1) is 20.4 Å². The lowest BCUT2D eigenvalue weighted by Crippen LogP contribution is -2.15. The number of aryl methyl sites for hydroxylation is 2. The van der Waals surface area contributed by atoms with Crippen molar-refractivity contribution in [2.24, 2.45) is 0 Å². The van der Waals surface area contributed by atoms with Gasteiger partial charge >= 0.3 is 0 Å². The second-order valence-corrected chi connectivity index (χ2v) is 7.95. The monoisotopic (exact) mass is 418 g/mol. The summed E-state index contributed by atoms with van der Waals surface area (Å²) >= 11 is 2.61. The molecule has 2 aromatic heterocycles. The standard InChI is InChI=1S/C18H22N6O2S2/c1-5-24-16(13(4)26-14-7-6-11(2)12(3)8-14)21-23-18(24)27-9-15(25)20-17-22-19-10-28-17/h6-8,10,13H,5,9H2,1-4H3,(H,20,22,25). The van der Waals surface area contributed by atoms with E-state index in [4.69, 9.17) is 4.74 Å². The third-order valence-corrected chi connectivity index (χ3v) is 5.73. The van der Waals surface area contributed by atoms with E-state index in [9.17, 15) is 4.79 Å². The SMILES string of the molecule is CCn1c(SCC(=O)Nc2nncs2)nnc1C(C)Oc1ccc(C)c(C)c1. The van der Waals surface area contributed by atoms with Crippen LogP contribution in [0.3, 0.4) is 0 Å². The molecule has 3 rings (SSSR count). The molecular weight excluding hydrogens is 396 g/mol. The highest BCUT2D eigenvalue weighted by atomic mass is 32.2. The van der Waals surface area contributed by atoms with Crippen LogP contribution in [0, 0.1) is 13.8 Å². The van der Waals surface area contributed by atoms with E-state index in [1.165, 1.54) is 34.2 Å². The summed E-state index contributed by atoms with van der Waals surface area (Å²) in [6, 6.07) is 6.02. The second-order valence-electron chi connectivity index (χ2n) is 6.17. The minimum absolute atomic E-state index is 0.159. The van der Waals surface area contributed by atoms with Crippen molar-refractivity contribution in [3.8, 4) is 5.75 Å². The Morgan fingerprint density at radius 3 is 2.79 bits per heavy atom. The summed E-state index contributed by atoms with van der Waals surface area (Å²) in [6.07, 6.45) is -0.265. The largest absolute Gasteiger partial charge is 0.483 e. The Balaban J connectivity index is 1.65. The topological polar surface area (TPSA) is 94.8 Å². The van der Waals surface area contributed by atoms with Crippen LogP contribution >= 0.6 is 23.1 Å². The molecule has 1 atom stereocenters. The zero-order chi connectivity index (χ0) is 20.1. The van der Waals surface area contributed by atoms with Gasteiger partial charge in [0.05, 0.1) is 5.75 Å². The lowest BCUT2D eigenvalue weighted by molar-refractivity contribution is -0.113. The second kappa shape index (κ2) is 9.16. The van der Waals surface area contributed by atoms with Crippen molar-refractivity contribution in [1.82, 2.24) is 25.0 Å². The molecule has 0 aliphatic heterocycles. The number of anilines is 1. The number of ether oxygens (including phenoxy) is 1. The van der Waals surface area contributed by atoms with Gasteiger partial charge in [-0.3, -0.25) is 10.1 Å². The van der Waals surface area contributed by atoms with Gasteiger partial charge in [-0.25, -0.2) is 0 Å². The first-order valence-electron chi connectivity index (χ1n) is 8.83. The highest BCUT2D eigenvalue weighted by Crippen LogP contribution is 2.26. The molecule has 2 heterocycles. The van der Waals surface area contributed by atoms with Gasteiger partial charge in [0.15, 0.2) is 17.1 Å². The number of nitrogens with zero attached hydrogens (tertiary/aromatic N) is 5. The fourth-order valence-corrected chi connectivity index (χ4v) is 3.83. The van der Waals surface area contributed by atoms with Crippen LogP contribution in [0.1, 0.15) is 36.9 Å². The van der Waals surface area contributed by atoms with E-state index in [-0.39, 0.29) is 17.8 Å². The van der Waals surface area contributed by atoms with Gasteiger partial charge in [0.2, 0.25) is 11.0 Å². The first-order chi connectivity index (χ1) is 13.5. The average Bonchev–Trinajstić information content (AvgIpc) is 3.32. The molecule has 10 heteroatoms. The summed E-state index contributed by atoms with van der Waals surface area (Å²) in [5, 5.41) is 19.9. The fraction of sp³-hybridized carbons (Fsp3) is 0.389. The number of carbonyl (C=O) groups excluding carboxylic acids is 1. The van der Waals surface area contributed by atoms with Crippen LogP contribution in [-0.2, 0) is 11.3 Å². The maximum Gasteiger partial charge on any atom is 0.236 e. The molecule has 0 saturated carbocycles. The molecule has 0 aliphatic carbocycles. The predicted molar refractivity (Wildman–Crippen MR) is 110 cm³/mol. The fourth-order valence-electron chi connectivity index (χ4n) is 2.56. The van der Waals surface area contributed by atoms with E-state index in [0.717, 1.165) is 11.6 Å². The molecule has 1 aromatic carbocycles. The minimum Gasteiger partial charge on any atom is -0.483 e. The molecule has 28 heavy (non-hydrogen) atoms. The Bertz CT molecular complexity index is 942. The Kier molecular flexibility index (Phi) is 6.63. The zero-order valence-electron chi connectivity index (χ0n) is 16.2. The van der Waals surface area contributed by atoms with Crippen molar-refractivity contribution in [2.45, 2.75) is 45.5 Å². The van der Waals surface area contributed by atoms with E-state index in [1.54, 1.807) is 5.51 Å². The van der Waals surface area contributed by atoms with Crippen molar-refractivity contribution < 1.29 is 9.53 Å². The van der Waals surface area contributed by atoms with Crippen LogP contribution < -0.4 is 10.1 Å². The summed E-state index contributed by atoms with van der Waals surface area (Å²) in [4.78, 5) is 12.0. The molecule has 3 aromatic rings. The lowest BCUT2D eigenvalue weighted by Gasteiger charge is -2.16. The molecule has 8 nitrogen and oxygen atoms in total. The number of benzene rings is 1. The Hall–Kier alpha value is -2.46. The highest BCUT2D eigenvalue weighted by Gasteiger charge is 2.19. The van der Waals surface area contributed by atoms with Crippen molar-refractivity contribution in [2.75, 3.05) is 11.1 Å². The third kappa shape index (κ3) is 4.87. The minimum atomic E-state index is -0.265. The van der Waals surface area contributed by atoms with Crippen molar-refractivity contribution >= 4 is 34.1 Å². The summed E-state index contributed by atoms with van der Waals surface area (Å²) in [7, 11) is 0. The summed E-state index contributed by atoms with van der Waals surface area (Å²) in [5.41, 5.74) is 3.97. The van der Waals surface area contributed by atoms with Crippen LogP contribution in [0.2, 0.25) is 0 Å². The van der Waals surface area contributed by atoms with Gasteiger partial charge in [0, 0.05) is 6.54 Å². The van der Waals surface area contributed by atoms with Gasteiger partial charge in [-0.1, -0.05) is 29.2 Å². The smallest absolute Gasteiger partial charge is 0.236 e. The summed E-state index contributed by atoms with van der Waals surface area (Å²) in [6.45, 7) is 8.77. The van der Waals surface area contributed by atoms with E-state index < -0.39 is 0 Å². The van der Waals surface area contributed by atoms with Gasteiger partial charge in [0.1, 0.15) is 11.3 Å². The summed E-state index contributed by atoms with van der Waals surface area (Å²) in [5.74, 6) is 1.58. The quantitative estimate of drug-likeness (QED) is 0.558. The van der Waals surface area contributed by atoms with Gasteiger partial charge in [-0.05, 0) is 51.0 Å². The molecular formula is C18H22N6O2S2. The highest BCUT2D eigenvalue weighted by molar-refractivity contribution is 7.99. The normalized spacial score (nSPS) is 12.0. The molecule has 0 spiro atoms. The van der Waals surface area contributed by atoms with Crippen LogP contribution in [0.5, 0.6) is 5.75 Å². The number of amides is 1. The zero-order valence-corrected chi connectivity index (χ0v) is 17.8. The Morgan fingerprint density at radius 1 is 1.29 bits per heavy atom. The molecule has 0 fully saturated rings. The molecule has 0 aliphatic rings. The third-order valence-electron chi connectivity index (χ3n) is 4.16. The van der Waals surface area contributed by atoms with Gasteiger partial charge in [-0.2, -0.15) is 0 Å².